The standard InChI is InChI=1S/C56H93NO5/c1-4-7-10-13-16-19-22-24-26-28-30-33-35-38-41-44-47-52(62-56(61)49-46-43-40-37-34-31-29-27-25-23-20-17-14-11-8-5-2)50-55(60)57-53(51-58)54(59)48-45-42-39-36-32-21-18-15-12-9-6-3/h8,11,16-17,19-20,22,24-28,30-31,33-34,40,43,52-54,58-59H,4-7,9-10,12-15,18,21,23,29,32,35-39,41-42,44-51H2,1-3H3,(H,57,60)/b11-8+,19-16+,20-17+,24-22+,27-25+,28-26+,33-30+,34-31+,43-40+. The molecule has 0 aliphatic carbocycles. The highest BCUT2D eigenvalue weighted by molar-refractivity contribution is 5.77. The van der Waals surface area contributed by atoms with Crippen LogP contribution in [0.25, 0.3) is 0 Å². The van der Waals surface area contributed by atoms with Crippen LogP contribution in [0.4, 0.5) is 0 Å². The van der Waals surface area contributed by atoms with Crippen molar-refractivity contribution in [3.05, 3.63) is 109 Å². The molecule has 6 heteroatoms. The number of carbonyl (C=O) groups excluding carboxylic acids is 2. The Morgan fingerprint density at radius 3 is 1.47 bits per heavy atom. The van der Waals surface area contributed by atoms with Gasteiger partial charge in [0.1, 0.15) is 6.10 Å². The summed E-state index contributed by atoms with van der Waals surface area (Å²) in [5.74, 6) is -0.622. The lowest BCUT2D eigenvalue weighted by Gasteiger charge is -2.24. The average Bonchev–Trinajstić information content (AvgIpc) is 3.26. The molecule has 0 heterocycles. The molecule has 0 aromatic carbocycles. The molecule has 0 radical (unpaired) electrons. The van der Waals surface area contributed by atoms with E-state index in [2.05, 4.69) is 111 Å². The minimum absolute atomic E-state index is 0.0151. The lowest BCUT2D eigenvalue weighted by atomic mass is 10.0. The Kier molecular flexibility index (Phi) is 45.8. The third kappa shape index (κ3) is 43.2. The van der Waals surface area contributed by atoms with Gasteiger partial charge in [-0.3, -0.25) is 9.59 Å². The minimum atomic E-state index is -0.817. The molecule has 352 valence electrons. The van der Waals surface area contributed by atoms with Gasteiger partial charge < -0.3 is 20.3 Å². The largest absolute Gasteiger partial charge is 0.462 e. The lowest BCUT2D eigenvalue weighted by Crippen LogP contribution is -2.46. The topological polar surface area (TPSA) is 95.9 Å². The number of ether oxygens (including phenoxy) is 1. The summed E-state index contributed by atoms with van der Waals surface area (Å²) in [4.78, 5) is 26.1. The number of aliphatic hydroxyl groups excluding tert-OH is 2. The first-order chi connectivity index (χ1) is 30.5. The second-order valence-electron chi connectivity index (χ2n) is 16.6. The summed E-state index contributed by atoms with van der Waals surface area (Å²) in [7, 11) is 0. The van der Waals surface area contributed by atoms with Crippen LogP contribution in [0.15, 0.2) is 109 Å². The van der Waals surface area contributed by atoms with E-state index in [1.807, 2.05) is 24.3 Å². The Morgan fingerprint density at radius 1 is 0.500 bits per heavy atom. The fourth-order valence-electron chi connectivity index (χ4n) is 6.90. The van der Waals surface area contributed by atoms with Gasteiger partial charge in [-0.1, -0.05) is 220 Å². The van der Waals surface area contributed by atoms with Crippen molar-refractivity contribution in [2.45, 2.75) is 225 Å². The van der Waals surface area contributed by atoms with E-state index in [1.165, 1.54) is 70.6 Å². The Balaban J connectivity index is 4.83. The van der Waals surface area contributed by atoms with Gasteiger partial charge in [-0.25, -0.2) is 0 Å². The molecule has 0 aliphatic heterocycles. The third-order valence-corrected chi connectivity index (χ3v) is 10.7. The smallest absolute Gasteiger partial charge is 0.306 e. The number of unbranched alkanes of at least 4 members (excludes halogenated alkanes) is 16. The molecule has 0 rings (SSSR count). The molecule has 3 unspecified atom stereocenters. The molecule has 62 heavy (non-hydrogen) atoms. The van der Waals surface area contributed by atoms with Crippen molar-refractivity contribution >= 4 is 11.9 Å². The van der Waals surface area contributed by atoms with Gasteiger partial charge in [-0.15, -0.1) is 0 Å². The van der Waals surface area contributed by atoms with Crippen LogP contribution in [0.5, 0.6) is 0 Å². The number of carbonyl (C=O) groups is 2. The summed E-state index contributed by atoms with van der Waals surface area (Å²) in [5, 5.41) is 23.7. The molecule has 3 atom stereocenters. The number of rotatable bonds is 43. The molecule has 0 spiro atoms. The molecule has 0 saturated carbocycles. The number of amides is 1. The molecule has 0 aliphatic rings. The van der Waals surface area contributed by atoms with Gasteiger partial charge in [0.2, 0.25) is 5.91 Å². The van der Waals surface area contributed by atoms with Gasteiger partial charge in [0, 0.05) is 6.42 Å². The second kappa shape index (κ2) is 48.6. The number of allylic oxidation sites excluding steroid dienone is 18. The summed E-state index contributed by atoms with van der Waals surface area (Å²) in [6, 6.07) is -0.736. The number of nitrogens with one attached hydrogen (secondary N) is 1. The van der Waals surface area contributed by atoms with Crippen molar-refractivity contribution in [1.29, 1.82) is 0 Å². The molecule has 0 fully saturated rings. The quantitative estimate of drug-likeness (QED) is 0.0246. The molecular formula is C56H93NO5. The predicted octanol–water partition coefficient (Wildman–Crippen LogP) is 15.1. The highest BCUT2D eigenvalue weighted by atomic mass is 16.5. The summed E-state index contributed by atoms with van der Waals surface area (Å²) in [5.41, 5.74) is 0. The van der Waals surface area contributed by atoms with Crippen molar-refractivity contribution < 1.29 is 24.5 Å². The first kappa shape index (κ1) is 58.5. The highest BCUT2D eigenvalue weighted by Crippen LogP contribution is 2.16. The monoisotopic (exact) mass is 860 g/mol. The van der Waals surface area contributed by atoms with Crippen LogP contribution in [0.1, 0.15) is 207 Å². The Hall–Kier alpha value is -3.48. The molecule has 0 saturated heterocycles. The van der Waals surface area contributed by atoms with E-state index in [0.29, 0.717) is 19.3 Å². The average molecular weight is 860 g/mol. The van der Waals surface area contributed by atoms with Crippen molar-refractivity contribution in [1.82, 2.24) is 5.32 Å². The van der Waals surface area contributed by atoms with Crippen LogP contribution in [0, 0.1) is 0 Å². The maximum Gasteiger partial charge on any atom is 0.306 e. The summed E-state index contributed by atoms with van der Waals surface area (Å²) in [6.45, 7) is 6.28. The fourth-order valence-corrected chi connectivity index (χ4v) is 6.90. The summed E-state index contributed by atoms with van der Waals surface area (Å²) in [6.07, 6.45) is 65.8. The molecule has 0 aromatic rings. The van der Waals surface area contributed by atoms with E-state index < -0.39 is 18.2 Å². The fraction of sp³-hybridized carbons (Fsp3) is 0.643. The molecule has 0 bridgehead atoms. The van der Waals surface area contributed by atoms with Crippen molar-refractivity contribution in [2.75, 3.05) is 6.61 Å². The van der Waals surface area contributed by atoms with E-state index >= 15 is 0 Å². The van der Waals surface area contributed by atoms with E-state index in [-0.39, 0.29) is 31.3 Å². The Bertz CT molecular complexity index is 1280. The van der Waals surface area contributed by atoms with Gasteiger partial charge >= 0.3 is 5.97 Å². The number of hydrogen-bond acceptors (Lipinski definition) is 5. The minimum Gasteiger partial charge on any atom is -0.462 e. The Morgan fingerprint density at radius 2 is 0.935 bits per heavy atom. The number of esters is 1. The zero-order valence-electron chi connectivity index (χ0n) is 40.0. The summed E-state index contributed by atoms with van der Waals surface area (Å²) >= 11 is 0. The number of aliphatic hydroxyl groups is 2. The van der Waals surface area contributed by atoms with Crippen LogP contribution >= 0.6 is 0 Å². The zero-order valence-corrected chi connectivity index (χ0v) is 40.0. The van der Waals surface area contributed by atoms with Gasteiger partial charge in [0.15, 0.2) is 0 Å². The van der Waals surface area contributed by atoms with Crippen molar-refractivity contribution in [2.24, 2.45) is 0 Å². The highest BCUT2D eigenvalue weighted by Gasteiger charge is 2.24. The van der Waals surface area contributed by atoms with Crippen LogP contribution in [0.2, 0.25) is 0 Å². The maximum absolute atomic E-state index is 13.2. The van der Waals surface area contributed by atoms with Crippen LogP contribution < -0.4 is 5.32 Å². The molecular weight excluding hydrogens is 767 g/mol. The lowest BCUT2D eigenvalue weighted by molar-refractivity contribution is -0.150. The third-order valence-electron chi connectivity index (χ3n) is 10.7. The van der Waals surface area contributed by atoms with E-state index in [4.69, 9.17) is 4.74 Å². The molecule has 6 nitrogen and oxygen atoms in total. The van der Waals surface area contributed by atoms with Crippen molar-refractivity contribution in [3.63, 3.8) is 0 Å². The van der Waals surface area contributed by atoms with Crippen molar-refractivity contribution in [3.8, 4) is 0 Å². The van der Waals surface area contributed by atoms with Gasteiger partial charge in [0.05, 0.1) is 25.2 Å². The molecule has 0 aromatic heterocycles. The molecule has 1 amide bonds. The first-order valence-electron chi connectivity index (χ1n) is 25.2. The van der Waals surface area contributed by atoms with Gasteiger partial charge in [0.25, 0.3) is 0 Å². The summed E-state index contributed by atoms with van der Waals surface area (Å²) < 4.78 is 5.87. The first-order valence-corrected chi connectivity index (χ1v) is 25.2. The van der Waals surface area contributed by atoms with E-state index in [1.54, 1.807) is 0 Å². The van der Waals surface area contributed by atoms with Crippen LogP contribution in [0.3, 0.4) is 0 Å². The Labute approximate surface area is 381 Å². The predicted molar refractivity (Wildman–Crippen MR) is 268 cm³/mol. The normalized spacial score (nSPS) is 14.2. The number of hydrogen-bond donors (Lipinski definition) is 3. The second-order valence-corrected chi connectivity index (χ2v) is 16.6. The SMILES string of the molecule is CC/C=C/C/C=C/C/C=C/C/C=C/C/C=C/CCC(=O)OC(CCCCC/C=C/C=C/C=C/C=C/CCCCC)CC(=O)NC(CO)C(O)CCCCCCCCCCCCC. The van der Waals surface area contributed by atoms with Crippen LogP contribution in [-0.4, -0.2) is 46.9 Å². The molecule has 3 N–H and O–H groups in total. The van der Waals surface area contributed by atoms with Crippen LogP contribution in [-0.2, 0) is 14.3 Å². The maximum atomic E-state index is 13.2. The van der Waals surface area contributed by atoms with Gasteiger partial charge in [-0.2, -0.15) is 0 Å². The van der Waals surface area contributed by atoms with E-state index in [9.17, 15) is 19.8 Å². The van der Waals surface area contributed by atoms with Gasteiger partial charge in [-0.05, 0) is 83.5 Å². The zero-order chi connectivity index (χ0) is 45.2. The van der Waals surface area contributed by atoms with E-state index in [0.717, 1.165) is 83.5 Å².